The van der Waals surface area contributed by atoms with Gasteiger partial charge < -0.3 is 10.1 Å². The fourth-order valence-electron chi connectivity index (χ4n) is 2.48. The zero-order valence-corrected chi connectivity index (χ0v) is 16.0. The number of ether oxygens (including phenoxy) is 1. The van der Waals surface area contributed by atoms with Crippen LogP contribution < -0.4 is 10.1 Å². The number of benzene rings is 1. The van der Waals surface area contributed by atoms with Gasteiger partial charge in [0, 0.05) is 5.56 Å². The van der Waals surface area contributed by atoms with Crippen LogP contribution in [0.15, 0.2) is 23.6 Å². The second kappa shape index (κ2) is 7.61. The molecule has 1 unspecified atom stereocenters. The molecule has 2 aromatic rings. The summed E-state index contributed by atoms with van der Waals surface area (Å²) < 4.78 is 7.02. The highest BCUT2D eigenvalue weighted by molar-refractivity contribution is 14.1. The Bertz CT molecular complexity index is 609. The van der Waals surface area contributed by atoms with Gasteiger partial charge in [0.25, 0.3) is 0 Å². The van der Waals surface area contributed by atoms with E-state index in [1.165, 1.54) is 25.1 Å². The Morgan fingerprint density at radius 3 is 2.67 bits per heavy atom. The molecule has 0 spiro atoms. The molecule has 114 valence electrons. The molecule has 0 saturated heterocycles. The molecule has 0 aliphatic rings. The number of thiophene rings is 1. The van der Waals surface area contributed by atoms with Crippen molar-refractivity contribution in [3.05, 3.63) is 48.7 Å². The maximum absolute atomic E-state index is 5.71. The number of rotatable bonds is 6. The first-order valence-corrected chi connectivity index (χ1v) is 9.15. The highest BCUT2D eigenvalue weighted by Crippen LogP contribution is 2.35. The number of aryl methyl sites for hydroxylation is 1. The Morgan fingerprint density at radius 1 is 1.33 bits per heavy atom. The molecule has 0 fully saturated rings. The van der Waals surface area contributed by atoms with Crippen LogP contribution in [-0.2, 0) is 0 Å². The summed E-state index contributed by atoms with van der Waals surface area (Å²) in [4.78, 5) is 0. The molecule has 1 aromatic carbocycles. The van der Waals surface area contributed by atoms with Gasteiger partial charge in [0.1, 0.15) is 5.75 Å². The maximum Gasteiger partial charge on any atom is 0.127 e. The topological polar surface area (TPSA) is 21.3 Å². The van der Waals surface area contributed by atoms with Crippen molar-refractivity contribution in [2.45, 2.75) is 33.2 Å². The Labute approximate surface area is 145 Å². The van der Waals surface area contributed by atoms with E-state index < -0.39 is 0 Å². The van der Waals surface area contributed by atoms with Crippen LogP contribution in [0, 0.1) is 16.7 Å². The molecule has 1 heterocycles. The third-order valence-electron chi connectivity index (χ3n) is 3.74. The van der Waals surface area contributed by atoms with Crippen molar-refractivity contribution in [3.8, 4) is 5.75 Å². The summed E-state index contributed by atoms with van der Waals surface area (Å²) in [5, 5.41) is 5.90. The van der Waals surface area contributed by atoms with E-state index in [1.54, 1.807) is 18.4 Å². The highest BCUT2D eigenvalue weighted by atomic mass is 127. The number of nitrogens with one attached hydrogen (secondary N) is 1. The number of halogens is 1. The molecular formula is C17H22INOS. The van der Waals surface area contributed by atoms with E-state index in [4.69, 9.17) is 4.74 Å². The van der Waals surface area contributed by atoms with Gasteiger partial charge in [-0.1, -0.05) is 19.1 Å². The largest absolute Gasteiger partial charge is 0.496 e. The molecular weight excluding hydrogens is 393 g/mol. The summed E-state index contributed by atoms with van der Waals surface area (Å²) in [6.45, 7) is 7.45. The SMILES string of the molecule is CCCNC(c1csc(I)c1)c1ccc(C)c(C)c1OC. The predicted octanol–water partition coefficient (Wildman–Crippen LogP) is 5.07. The number of hydrogen-bond donors (Lipinski definition) is 1. The summed E-state index contributed by atoms with van der Waals surface area (Å²) in [6, 6.07) is 6.83. The smallest absolute Gasteiger partial charge is 0.127 e. The van der Waals surface area contributed by atoms with Crippen molar-refractivity contribution in [2.75, 3.05) is 13.7 Å². The standard InChI is InChI=1S/C17H22INOS/c1-5-8-19-16(13-9-15(18)21-10-13)14-7-6-11(2)12(3)17(14)20-4/h6-7,9-10,16,19H,5,8H2,1-4H3. The molecule has 2 rings (SSSR count). The molecule has 0 bridgehead atoms. The molecule has 0 aliphatic carbocycles. The van der Waals surface area contributed by atoms with Gasteiger partial charge in [0.2, 0.25) is 0 Å². The first kappa shape index (κ1) is 16.8. The van der Waals surface area contributed by atoms with Crippen LogP contribution in [0.4, 0.5) is 0 Å². The van der Waals surface area contributed by atoms with E-state index in [9.17, 15) is 0 Å². The monoisotopic (exact) mass is 415 g/mol. The summed E-state index contributed by atoms with van der Waals surface area (Å²) >= 11 is 4.17. The van der Waals surface area contributed by atoms with Gasteiger partial charge in [-0.05, 0) is 77.5 Å². The molecule has 4 heteroatoms. The van der Waals surface area contributed by atoms with Gasteiger partial charge >= 0.3 is 0 Å². The van der Waals surface area contributed by atoms with E-state index in [2.05, 4.69) is 72.3 Å². The summed E-state index contributed by atoms with van der Waals surface area (Å²) in [7, 11) is 1.76. The zero-order valence-electron chi connectivity index (χ0n) is 13.0. The lowest BCUT2D eigenvalue weighted by atomic mass is 9.95. The molecule has 21 heavy (non-hydrogen) atoms. The normalized spacial score (nSPS) is 12.4. The quantitative estimate of drug-likeness (QED) is 0.666. The molecule has 1 atom stereocenters. The van der Waals surface area contributed by atoms with Gasteiger partial charge in [-0.2, -0.15) is 0 Å². The Hall–Kier alpha value is -0.590. The Balaban J connectivity index is 2.48. The zero-order chi connectivity index (χ0) is 15.4. The van der Waals surface area contributed by atoms with Crippen molar-refractivity contribution in [1.82, 2.24) is 5.32 Å². The summed E-state index contributed by atoms with van der Waals surface area (Å²) in [5.74, 6) is 1.00. The molecule has 0 aliphatic heterocycles. The second-order valence-corrected chi connectivity index (χ2v) is 8.01. The fourth-order valence-corrected chi connectivity index (χ4v) is 3.88. The molecule has 0 saturated carbocycles. The van der Waals surface area contributed by atoms with Crippen molar-refractivity contribution < 1.29 is 4.74 Å². The molecule has 0 radical (unpaired) electrons. The van der Waals surface area contributed by atoms with Gasteiger partial charge in [-0.25, -0.2) is 0 Å². The Morgan fingerprint density at radius 2 is 2.10 bits per heavy atom. The van der Waals surface area contributed by atoms with Crippen molar-refractivity contribution in [2.24, 2.45) is 0 Å². The van der Waals surface area contributed by atoms with Gasteiger partial charge in [0.05, 0.1) is 16.0 Å². The Kier molecular flexibility index (Phi) is 6.08. The van der Waals surface area contributed by atoms with Crippen molar-refractivity contribution in [1.29, 1.82) is 0 Å². The fraction of sp³-hybridized carbons (Fsp3) is 0.412. The lowest BCUT2D eigenvalue weighted by Gasteiger charge is -2.22. The minimum Gasteiger partial charge on any atom is -0.496 e. The van der Waals surface area contributed by atoms with Crippen LogP contribution >= 0.6 is 33.9 Å². The average molecular weight is 415 g/mol. The van der Waals surface area contributed by atoms with Gasteiger partial charge in [-0.15, -0.1) is 11.3 Å². The first-order valence-electron chi connectivity index (χ1n) is 7.19. The van der Waals surface area contributed by atoms with E-state index in [1.807, 2.05) is 0 Å². The highest BCUT2D eigenvalue weighted by Gasteiger charge is 2.20. The third-order valence-corrected chi connectivity index (χ3v) is 5.55. The van der Waals surface area contributed by atoms with E-state index in [0.29, 0.717) is 0 Å². The third kappa shape index (κ3) is 3.79. The van der Waals surface area contributed by atoms with Crippen LogP contribution in [0.3, 0.4) is 0 Å². The first-order chi connectivity index (χ1) is 10.1. The van der Waals surface area contributed by atoms with Crippen LogP contribution in [0.25, 0.3) is 0 Å². The maximum atomic E-state index is 5.71. The number of hydrogen-bond acceptors (Lipinski definition) is 3. The van der Waals surface area contributed by atoms with E-state index >= 15 is 0 Å². The van der Waals surface area contributed by atoms with Crippen LogP contribution in [-0.4, -0.2) is 13.7 Å². The van der Waals surface area contributed by atoms with Crippen LogP contribution in [0.2, 0.25) is 0 Å². The van der Waals surface area contributed by atoms with E-state index in [-0.39, 0.29) is 6.04 Å². The molecule has 1 N–H and O–H groups in total. The predicted molar refractivity (Wildman–Crippen MR) is 99.6 cm³/mol. The van der Waals surface area contributed by atoms with Crippen LogP contribution in [0.5, 0.6) is 5.75 Å². The van der Waals surface area contributed by atoms with Crippen molar-refractivity contribution in [3.63, 3.8) is 0 Å². The minimum atomic E-state index is 0.193. The lowest BCUT2D eigenvalue weighted by Crippen LogP contribution is -2.23. The van der Waals surface area contributed by atoms with Gasteiger partial charge in [-0.3, -0.25) is 0 Å². The number of methoxy groups -OCH3 is 1. The average Bonchev–Trinajstić information content (AvgIpc) is 2.89. The molecule has 0 amide bonds. The van der Waals surface area contributed by atoms with E-state index in [0.717, 1.165) is 18.7 Å². The minimum absolute atomic E-state index is 0.193. The summed E-state index contributed by atoms with van der Waals surface area (Å²) in [5.41, 5.74) is 5.04. The van der Waals surface area contributed by atoms with Crippen molar-refractivity contribution >= 4 is 33.9 Å². The molecule has 1 aromatic heterocycles. The second-order valence-electron chi connectivity index (χ2n) is 5.20. The van der Waals surface area contributed by atoms with Gasteiger partial charge in [0.15, 0.2) is 0 Å². The molecule has 2 nitrogen and oxygen atoms in total. The summed E-state index contributed by atoms with van der Waals surface area (Å²) in [6.07, 6.45) is 1.12. The lowest BCUT2D eigenvalue weighted by molar-refractivity contribution is 0.400. The van der Waals surface area contributed by atoms with Crippen LogP contribution in [0.1, 0.15) is 41.6 Å².